The molecule has 5 nitrogen and oxygen atoms in total. The van der Waals surface area contributed by atoms with E-state index in [9.17, 15) is 8.42 Å². The summed E-state index contributed by atoms with van der Waals surface area (Å²) in [5, 5.41) is 8.18. The van der Waals surface area contributed by atoms with E-state index >= 15 is 0 Å². The van der Waals surface area contributed by atoms with Crippen LogP contribution in [-0.2, 0) is 10.0 Å². The van der Waals surface area contributed by atoms with Crippen molar-refractivity contribution in [2.75, 3.05) is 26.2 Å². The molecule has 1 heterocycles. The van der Waals surface area contributed by atoms with Crippen LogP contribution in [0.1, 0.15) is 20.8 Å². The number of amidine groups is 1. The fraction of sp³-hybridized carbons (Fsp3) is 0.533. The van der Waals surface area contributed by atoms with E-state index in [0.717, 1.165) is 0 Å². The molecular formula is C15H23N3O2S. The highest BCUT2D eigenvalue weighted by molar-refractivity contribution is 7.89. The summed E-state index contributed by atoms with van der Waals surface area (Å²) in [4.78, 5) is 2.31. The van der Waals surface area contributed by atoms with Crippen molar-refractivity contribution in [1.29, 1.82) is 5.41 Å². The predicted molar refractivity (Wildman–Crippen MR) is 84.0 cm³/mol. The number of benzene rings is 1. The van der Waals surface area contributed by atoms with Gasteiger partial charge in [0, 0.05) is 31.6 Å². The van der Waals surface area contributed by atoms with Crippen LogP contribution in [0, 0.1) is 10.8 Å². The minimum Gasteiger partial charge on any atom is -0.357 e. The Morgan fingerprint density at radius 3 is 2.05 bits per heavy atom. The van der Waals surface area contributed by atoms with Gasteiger partial charge in [-0.05, 0) is 12.1 Å². The van der Waals surface area contributed by atoms with Crippen molar-refractivity contribution < 1.29 is 8.42 Å². The number of nitrogens with zero attached hydrogens (tertiary/aromatic N) is 2. The first-order valence-corrected chi connectivity index (χ1v) is 8.56. The summed E-state index contributed by atoms with van der Waals surface area (Å²) in [6.07, 6.45) is 0. The fourth-order valence-corrected chi connectivity index (χ4v) is 3.81. The third-order valence-corrected chi connectivity index (χ3v) is 5.56. The maximum absolute atomic E-state index is 12.5. The Morgan fingerprint density at radius 2 is 1.57 bits per heavy atom. The second kappa shape index (κ2) is 5.77. The molecule has 0 radical (unpaired) electrons. The van der Waals surface area contributed by atoms with Gasteiger partial charge in [0.25, 0.3) is 0 Å². The van der Waals surface area contributed by atoms with Gasteiger partial charge in [0.1, 0.15) is 5.84 Å². The van der Waals surface area contributed by atoms with Gasteiger partial charge < -0.3 is 4.90 Å². The van der Waals surface area contributed by atoms with Crippen molar-refractivity contribution in [1.82, 2.24) is 9.21 Å². The van der Waals surface area contributed by atoms with Crippen molar-refractivity contribution in [3.05, 3.63) is 30.3 Å². The van der Waals surface area contributed by atoms with E-state index in [4.69, 9.17) is 5.41 Å². The smallest absolute Gasteiger partial charge is 0.243 e. The molecule has 0 aliphatic carbocycles. The molecule has 6 heteroatoms. The lowest BCUT2D eigenvalue weighted by atomic mass is 9.94. The first-order valence-electron chi connectivity index (χ1n) is 7.12. The van der Waals surface area contributed by atoms with E-state index in [2.05, 4.69) is 0 Å². The lowest BCUT2D eigenvalue weighted by molar-refractivity contribution is 0.249. The number of piperazine rings is 1. The highest BCUT2D eigenvalue weighted by atomic mass is 32.2. The Morgan fingerprint density at radius 1 is 1.05 bits per heavy atom. The van der Waals surface area contributed by atoms with Crippen LogP contribution < -0.4 is 0 Å². The Labute approximate surface area is 127 Å². The van der Waals surface area contributed by atoms with Gasteiger partial charge in [-0.25, -0.2) is 8.42 Å². The summed E-state index contributed by atoms with van der Waals surface area (Å²) in [7, 11) is -3.41. The SMILES string of the molecule is CC(C)(C)C(=N)N1CCN(S(=O)(=O)c2ccccc2)CC1. The van der Waals surface area contributed by atoms with Crippen LogP contribution >= 0.6 is 0 Å². The molecule has 0 spiro atoms. The summed E-state index contributed by atoms with van der Waals surface area (Å²) in [6, 6.07) is 8.52. The molecule has 116 valence electrons. The van der Waals surface area contributed by atoms with E-state index in [1.807, 2.05) is 31.7 Å². The Bertz CT molecular complexity index is 598. The molecule has 0 saturated carbocycles. The molecule has 1 aromatic carbocycles. The zero-order valence-corrected chi connectivity index (χ0v) is 13.7. The number of hydrogen-bond acceptors (Lipinski definition) is 3. The number of rotatable bonds is 2. The molecule has 0 bridgehead atoms. The van der Waals surface area contributed by atoms with E-state index in [1.165, 1.54) is 4.31 Å². The maximum Gasteiger partial charge on any atom is 0.243 e. The van der Waals surface area contributed by atoms with E-state index in [-0.39, 0.29) is 5.41 Å². The number of sulfonamides is 1. The lowest BCUT2D eigenvalue weighted by Gasteiger charge is -2.39. The zero-order valence-electron chi connectivity index (χ0n) is 12.8. The van der Waals surface area contributed by atoms with Gasteiger partial charge in [-0.15, -0.1) is 0 Å². The van der Waals surface area contributed by atoms with E-state index in [1.54, 1.807) is 24.3 Å². The van der Waals surface area contributed by atoms with Gasteiger partial charge in [-0.3, -0.25) is 5.41 Å². The average Bonchev–Trinajstić information content (AvgIpc) is 2.46. The van der Waals surface area contributed by atoms with E-state index < -0.39 is 10.0 Å². The van der Waals surface area contributed by atoms with Crippen molar-refractivity contribution >= 4 is 15.9 Å². The monoisotopic (exact) mass is 309 g/mol. The molecule has 0 aromatic heterocycles. The van der Waals surface area contributed by atoms with Gasteiger partial charge in [-0.1, -0.05) is 39.0 Å². The second-order valence-corrected chi connectivity index (χ2v) is 8.24. The first kappa shape index (κ1) is 16.0. The molecule has 0 atom stereocenters. The summed E-state index contributed by atoms with van der Waals surface area (Å²) in [5.41, 5.74) is -0.208. The molecule has 21 heavy (non-hydrogen) atoms. The van der Waals surface area contributed by atoms with Crippen LogP contribution in [0.5, 0.6) is 0 Å². The Hall–Kier alpha value is -1.40. The van der Waals surface area contributed by atoms with Crippen LogP contribution in [0.2, 0.25) is 0 Å². The molecule has 0 unspecified atom stereocenters. The molecule has 1 aliphatic rings. The van der Waals surface area contributed by atoms with Gasteiger partial charge in [0.15, 0.2) is 0 Å². The van der Waals surface area contributed by atoms with Crippen LogP contribution in [0.3, 0.4) is 0 Å². The summed E-state index contributed by atoms with van der Waals surface area (Å²) in [5.74, 6) is 0.569. The minimum atomic E-state index is -3.41. The van der Waals surface area contributed by atoms with Gasteiger partial charge in [-0.2, -0.15) is 4.31 Å². The minimum absolute atomic E-state index is 0.208. The molecule has 1 fully saturated rings. The van der Waals surface area contributed by atoms with Crippen LogP contribution in [-0.4, -0.2) is 49.6 Å². The molecular weight excluding hydrogens is 286 g/mol. The van der Waals surface area contributed by atoms with Crippen molar-refractivity contribution in [3.8, 4) is 0 Å². The van der Waals surface area contributed by atoms with Crippen LogP contribution in [0.4, 0.5) is 0 Å². The standard InChI is InChI=1S/C15H23N3O2S/c1-15(2,3)14(16)17-9-11-18(12-10-17)21(19,20)13-7-5-4-6-8-13/h4-8,16H,9-12H2,1-3H3. The topological polar surface area (TPSA) is 64.5 Å². The number of nitrogens with one attached hydrogen (secondary N) is 1. The Balaban J connectivity index is 2.07. The highest BCUT2D eigenvalue weighted by Crippen LogP contribution is 2.21. The number of hydrogen-bond donors (Lipinski definition) is 1. The van der Waals surface area contributed by atoms with Crippen molar-refractivity contribution in [2.24, 2.45) is 5.41 Å². The zero-order chi connectivity index (χ0) is 15.7. The van der Waals surface area contributed by atoms with Crippen molar-refractivity contribution in [2.45, 2.75) is 25.7 Å². The normalized spacial score (nSPS) is 17.8. The third-order valence-electron chi connectivity index (χ3n) is 3.65. The summed E-state index contributed by atoms with van der Waals surface area (Å²) in [6.45, 7) is 8.00. The molecule has 2 rings (SSSR count). The first-order chi connectivity index (χ1) is 9.73. The predicted octanol–water partition coefficient (Wildman–Crippen LogP) is 2.02. The highest BCUT2D eigenvalue weighted by Gasteiger charge is 2.31. The lowest BCUT2D eigenvalue weighted by Crippen LogP contribution is -2.52. The fourth-order valence-electron chi connectivity index (χ4n) is 2.37. The quantitative estimate of drug-likeness (QED) is 0.671. The molecule has 1 saturated heterocycles. The van der Waals surface area contributed by atoms with Crippen LogP contribution in [0.15, 0.2) is 35.2 Å². The van der Waals surface area contributed by atoms with Gasteiger partial charge in [0.2, 0.25) is 10.0 Å². The van der Waals surface area contributed by atoms with Gasteiger partial charge in [0.05, 0.1) is 4.90 Å². The summed E-state index contributed by atoms with van der Waals surface area (Å²) >= 11 is 0. The van der Waals surface area contributed by atoms with Crippen LogP contribution in [0.25, 0.3) is 0 Å². The van der Waals surface area contributed by atoms with Crippen molar-refractivity contribution in [3.63, 3.8) is 0 Å². The largest absolute Gasteiger partial charge is 0.357 e. The average molecular weight is 309 g/mol. The summed E-state index contributed by atoms with van der Waals surface area (Å²) < 4.78 is 26.5. The molecule has 1 N–H and O–H groups in total. The maximum atomic E-state index is 12.5. The molecule has 0 amide bonds. The third kappa shape index (κ3) is 3.44. The molecule has 1 aromatic rings. The second-order valence-electron chi connectivity index (χ2n) is 6.30. The van der Waals surface area contributed by atoms with E-state index in [0.29, 0.717) is 36.9 Å². The molecule has 1 aliphatic heterocycles. The Kier molecular flexibility index (Phi) is 4.39. The van der Waals surface area contributed by atoms with Gasteiger partial charge >= 0.3 is 0 Å².